The number of carbonyl (C=O) groups excluding carboxylic acids is 2. The van der Waals surface area contributed by atoms with Crippen molar-refractivity contribution in [2.75, 3.05) is 32.8 Å². The van der Waals surface area contributed by atoms with Gasteiger partial charge >= 0.3 is 0 Å². The molecule has 0 bridgehead atoms. The fourth-order valence-electron chi connectivity index (χ4n) is 3.22. The predicted molar refractivity (Wildman–Crippen MR) is 112 cm³/mol. The van der Waals surface area contributed by atoms with Crippen LogP contribution < -0.4 is 4.74 Å². The third kappa shape index (κ3) is 5.97. The summed E-state index contributed by atoms with van der Waals surface area (Å²) < 4.78 is 5.64. The molecule has 1 aromatic heterocycles. The SMILES string of the molecule is O=C(CCCOc1ccccc1Cl)N1CCCN(C(=O)Cc2cccs2)CC1. The summed E-state index contributed by atoms with van der Waals surface area (Å²) in [6.45, 7) is 3.07. The van der Waals surface area contributed by atoms with Crippen molar-refractivity contribution in [2.24, 2.45) is 0 Å². The van der Waals surface area contributed by atoms with Crippen molar-refractivity contribution >= 4 is 34.8 Å². The Kier molecular flexibility index (Phi) is 7.74. The zero-order valence-electron chi connectivity index (χ0n) is 15.8. The van der Waals surface area contributed by atoms with E-state index in [1.54, 1.807) is 17.4 Å². The molecule has 3 rings (SSSR count). The Morgan fingerprint density at radius 2 is 1.75 bits per heavy atom. The summed E-state index contributed by atoms with van der Waals surface area (Å²) in [6.07, 6.45) is 2.35. The van der Waals surface area contributed by atoms with E-state index in [9.17, 15) is 9.59 Å². The molecule has 150 valence electrons. The van der Waals surface area contributed by atoms with E-state index in [1.807, 2.05) is 45.5 Å². The topological polar surface area (TPSA) is 49.9 Å². The highest BCUT2D eigenvalue weighted by molar-refractivity contribution is 7.10. The second kappa shape index (κ2) is 10.5. The molecule has 1 aliphatic rings. The summed E-state index contributed by atoms with van der Waals surface area (Å²) in [5.74, 6) is 0.909. The van der Waals surface area contributed by atoms with Gasteiger partial charge in [0.15, 0.2) is 0 Å². The summed E-state index contributed by atoms with van der Waals surface area (Å²) in [6, 6.07) is 11.3. The van der Waals surface area contributed by atoms with Crippen LogP contribution in [0.15, 0.2) is 41.8 Å². The largest absolute Gasteiger partial charge is 0.492 e. The lowest BCUT2D eigenvalue weighted by Crippen LogP contribution is -2.37. The first-order valence-corrected chi connectivity index (χ1v) is 10.8. The van der Waals surface area contributed by atoms with Gasteiger partial charge in [-0.1, -0.05) is 29.8 Å². The number of halogens is 1. The molecule has 0 unspecified atom stereocenters. The van der Waals surface area contributed by atoms with Gasteiger partial charge in [-0.25, -0.2) is 0 Å². The second-order valence-electron chi connectivity index (χ2n) is 6.75. The number of rotatable bonds is 7. The molecule has 1 aromatic carbocycles. The summed E-state index contributed by atoms with van der Waals surface area (Å²) in [5, 5.41) is 2.56. The Hall–Kier alpha value is -2.05. The molecule has 0 aliphatic carbocycles. The number of amides is 2. The molecule has 1 saturated heterocycles. The summed E-state index contributed by atoms with van der Waals surface area (Å²) in [4.78, 5) is 29.8. The van der Waals surface area contributed by atoms with Gasteiger partial charge < -0.3 is 14.5 Å². The van der Waals surface area contributed by atoms with Crippen LogP contribution in [-0.2, 0) is 16.0 Å². The lowest BCUT2D eigenvalue weighted by Gasteiger charge is -2.22. The first-order valence-electron chi connectivity index (χ1n) is 9.59. The molecule has 0 atom stereocenters. The Morgan fingerprint density at radius 1 is 1.00 bits per heavy atom. The van der Waals surface area contributed by atoms with Gasteiger partial charge in [-0.2, -0.15) is 0 Å². The van der Waals surface area contributed by atoms with Gasteiger partial charge in [-0.15, -0.1) is 11.3 Å². The Bertz CT molecular complexity index is 782. The predicted octanol–water partition coefficient (Wildman–Crippen LogP) is 3.86. The third-order valence-corrected chi connectivity index (χ3v) is 5.92. The third-order valence-electron chi connectivity index (χ3n) is 4.74. The van der Waals surface area contributed by atoms with Crippen molar-refractivity contribution in [1.82, 2.24) is 9.80 Å². The van der Waals surface area contributed by atoms with E-state index < -0.39 is 0 Å². The standard InChI is InChI=1S/C21H25ClN2O3S/c22-18-7-1-2-8-19(18)27-14-3-9-20(25)23-10-5-11-24(13-12-23)21(26)16-17-6-4-15-28-17/h1-2,4,6-8,15H,3,5,9-14,16H2. The molecule has 0 spiro atoms. The van der Waals surface area contributed by atoms with E-state index in [1.165, 1.54) is 0 Å². The Labute approximate surface area is 174 Å². The van der Waals surface area contributed by atoms with Crippen LogP contribution in [0, 0.1) is 0 Å². The van der Waals surface area contributed by atoms with Crippen LogP contribution in [0.1, 0.15) is 24.1 Å². The minimum atomic E-state index is 0.121. The van der Waals surface area contributed by atoms with Crippen molar-refractivity contribution in [3.05, 3.63) is 51.7 Å². The highest BCUT2D eigenvalue weighted by Crippen LogP contribution is 2.23. The van der Waals surface area contributed by atoms with Crippen LogP contribution in [0.5, 0.6) is 5.75 Å². The van der Waals surface area contributed by atoms with Gasteiger partial charge in [0.1, 0.15) is 5.75 Å². The van der Waals surface area contributed by atoms with E-state index >= 15 is 0 Å². The number of para-hydroxylation sites is 1. The van der Waals surface area contributed by atoms with Gasteiger partial charge in [0.05, 0.1) is 18.1 Å². The fraction of sp³-hybridized carbons (Fsp3) is 0.429. The van der Waals surface area contributed by atoms with Crippen molar-refractivity contribution in [3.8, 4) is 5.75 Å². The van der Waals surface area contributed by atoms with Crippen molar-refractivity contribution in [3.63, 3.8) is 0 Å². The van der Waals surface area contributed by atoms with Crippen LogP contribution in [0.2, 0.25) is 5.02 Å². The van der Waals surface area contributed by atoms with E-state index in [4.69, 9.17) is 16.3 Å². The summed E-state index contributed by atoms with van der Waals surface area (Å²) >= 11 is 7.66. The molecular formula is C21H25ClN2O3S. The molecule has 0 saturated carbocycles. The Morgan fingerprint density at radius 3 is 2.46 bits per heavy atom. The molecule has 2 heterocycles. The lowest BCUT2D eigenvalue weighted by molar-refractivity contribution is -0.133. The van der Waals surface area contributed by atoms with E-state index in [0.717, 1.165) is 11.3 Å². The van der Waals surface area contributed by atoms with E-state index in [-0.39, 0.29) is 11.8 Å². The maximum Gasteiger partial charge on any atom is 0.227 e. The van der Waals surface area contributed by atoms with Crippen molar-refractivity contribution < 1.29 is 14.3 Å². The molecule has 0 radical (unpaired) electrons. The van der Waals surface area contributed by atoms with Crippen LogP contribution in [0.3, 0.4) is 0 Å². The Balaban J connectivity index is 1.39. The molecule has 7 heteroatoms. The smallest absolute Gasteiger partial charge is 0.227 e. The molecule has 5 nitrogen and oxygen atoms in total. The highest BCUT2D eigenvalue weighted by Gasteiger charge is 2.22. The average Bonchev–Trinajstić information content (AvgIpc) is 3.07. The monoisotopic (exact) mass is 420 g/mol. The van der Waals surface area contributed by atoms with Crippen molar-refractivity contribution in [1.29, 1.82) is 0 Å². The van der Waals surface area contributed by atoms with Crippen LogP contribution >= 0.6 is 22.9 Å². The molecule has 2 aromatic rings. The number of carbonyl (C=O) groups is 2. The zero-order chi connectivity index (χ0) is 19.8. The van der Waals surface area contributed by atoms with Crippen LogP contribution in [-0.4, -0.2) is 54.4 Å². The molecule has 28 heavy (non-hydrogen) atoms. The van der Waals surface area contributed by atoms with E-state index in [0.29, 0.717) is 62.8 Å². The lowest BCUT2D eigenvalue weighted by atomic mass is 10.2. The maximum atomic E-state index is 12.5. The summed E-state index contributed by atoms with van der Waals surface area (Å²) in [5.41, 5.74) is 0. The first-order chi connectivity index (χ1) is 13.6. The summed E-state index contributed by atoms with van der Waals surface area (Å²) in [7, 11) is 0. The van der Waals surface area contributed by atoms with Gasteiger partial charge in [0.25, 0.3) is 0 Å². The number of ether oxygens (including phenoxy) is 1. The molecule has 0 N–H and O–H groups in total. The molecular weight excluding hydrogens is 396 g/mol. The van der Waals surface area contributed by atoms with Crippen LogP contribution in [0.4, 0.5) is 0 Å². The second-order valence-corrected chi connectivity index (χ2v) is 8.19. The molecule has 1 aliphatic heterocycles. The number of thiophene rings is 1. The van der Waals surface area contributed by atoms with Gasteiger partial charge in [-0.05, 0) is 36.4 Å². The number of nitrogens with zero attached hydrogens (tertiary/aromatic N) is 2. The first kappa shape index (κ1) is 20.7. The van der Waals surface area contributed by atoms with Gasteiger partial charge in [0, 0.05) is 37.5 Å². The number of hydrogen-bond donors (Lipinski definition) is 0. The number of hydrogen-bond acceptors (Lipinski definition) is 4. The molecule has 1 fully saturated rings. The quantitative estimate of drug-likeness (QED) is 0.639. The van der Waals surface area contributed by atoms with Crippen molar-refractivity contribution in [2.45, 2.75) is 25.7 Å². The minimum absolute atomic E-state index is 0.121. The fourth-order valence-corrected chi connectivity index (χ4v) is 4.10. The minimum Gasteiger partial charge on any atom is -0.492 e. The highest BCUT2D eigenvalue weighted by atomic mass is 35.5. The van der Waals surface area contributed by atoms with Crippen LogP contribution in [0.25, 0.3) is 0 Å². The molecule has 2 amide bonds. The normalized spacial score (nSPS) is 14.6. The van der Waals surface area contributed by atoms with E-state index in [2.05, 4.69) is 0 Å². The number of benzene rings is 1. The zero-order valence-corrected chi connectivity index (χ0v) is 17.4. The maximum absolute atomic E-state index is 12.5. The van der Waals surface area contributed by atoms with Gasteiger partial charge in [0.2, 0.25) is 11.8 Å². The van der Waals surface area contributed by atoms with Gasteiger partial charge in [-0.3, -0.25) is 9.59 Å². The average molecular weight is 421 g/mol.